The van der Waals surface area contributed by atoms with Crippen LogP contribution in [0.15, 0.2) is 131 Å². The Kier molecular flexibility index (Phi) is 11.7. The Morgan fingerprint density at radius 2 is 1.56 bits per heavy atom. The van der Waals surface area contributed by atoms with E-state index in [9.17, 15) is 23.3 Å². The van der Waals surface area contributed by atoms with Crippen LogP contribution in [0.1, 0.15) is 15.9 Å². The molecule has 2 saturated heterocycles. The highest BCUT2D eigenvalue weighted by atomic mass is 35.5. The molecule has 2 aliphatic heterocycles. The van der Waals surface area contributed by atoms with Crippen molar-refractivity contribution in [3.8, 4) is 11.1 Å². The Labute approximate surface area is 330 Å². The number of piperazine rings is 1. The number of carbonyl (C=O) groups is 1. The molecule has 0 radical (unpaired) electrons. The molecule has 0 saturated carbocycles. The average Bonchev–Trinajstić information content (AvgIpc) is 3.53. The van der Waals surface area contributed by atoms with Crippen LogP contribution in [0.5, 0.6) is 0 Å². The second-order valence-corrected chi connectivity index (χ2v) is 17.2. The third-order valence-electron chi connectivity index (χ3n) is 9.96. The van der Waals surface area contributed by atoms with Gasteiger partial charge in [0.15, 0.2) is 0 Å². The summed E-state index contributed by atoms with van der Waals surface area (Å²) in [5, 5.41) is 16.3. The molecule has 2 heterocycles. The lowest BCUT2D eigenvalue weighted by molar-refractivity contribution is -0.384. The fourth-order valence-corrected chi connectivity index (χ4v) is 9.51. The lowest BCUT2D eigenvalue weighted by Gasteiger charge is -2.36. The largest absolute Gasteiger partial charge is 0.374 e. The summed E-state index contributed by atoms with van der Waals surface area (Å²) in [5.41, 5.74) is 4.47. The van der Waals surface area contributed by atoms with E-state index >= 15 is 0 Å². The second kappa shape index (κ2) is 16.8. The van der Waals surface area contributed by atoms with Crippen molar-refractivity contribution in [3.63, 3.8) is 0 Å². The molecule has 5 aromatic rings. The number of nitrogens with zero attached hydrogens (tertiary/aromatic N) is 4. The Balaban J connectivity index is 0.958. The molecule has 0 aromatic heterocycles. The molecule has 2 atom stereocenters. The Hall–Kier alpha value is -4.92. The van der Waals surface area contributed by atoms with Crippen molar-refractivity contribution in [2.45, 2.75) is 27.6 Å². The van der Waals surface area contributed by atoms with Gasteiger partial charge in [0.2, 0.25) is 0 Å². The highest BCUT2D eigenvalue weighted by Gasteiger charge is 2.34. The third-order valence-corrected chi connectivity index (χ3v) is 12.9. The zero-order chi connectivity index (χ0) is 38.5. The van der Waals surface area contributed by atoms with E-state index < -0.39 is 20.9 Å². The molecule has 2 unspecified atom stereocenters. The second-order valence-electron chi connectivity index (χ2n) is 13.8. The minimum atomic E-state index is -4.42. The molecule has 2 N–H and O–H groups in total. The van der Waals surface area contributed by atoms with Gasteiger partial charge in [-0.05, 0) is 84.4 Å². The summed E-state index contributed by atoms with van der Waals surface area (Å²) < 4.78 is 28.8. The summed E-state index contributed by atoms with van der Waals surface area (Å²) in [5.74, 6) is -0.824. The summed E-state index contributed by atoms with van der Waals surface area (Å²) >= 11 is 7.80. The Morgan fingerprint density at radius 1 is 0.873 bits per heavy atom. The minimum Gasteiger partial charge on any atom is -0.374 e. The fourth-order valence-electron chi connectivity index (χ4n) is 7.08. The topological polar surface area (TPSA) is 128 Å². The number of hydrogen-bond acceptors (Lipinski definition) is 10. The van der Waals surface area contributed by atoms with Gasteiger partial charge in [-0.25, -0.2) is 13.1 Å². The number of amides is 1. The molecule has 1 amide bonds. The van der Waals surface area contributed by atoms with Crippen molar-refractivity contribution in [3.05, 3.63) is 148 Å². The molecule has 2 fully saturated rings. The van der Waals surface area contributed by atoms with Gasteiger partial charge >= 0.3 is 0 Å². The SMILES string of the molecule is CN1CC(Nc2ccc(S(=O)(=O)NC(=O)c3ccc(N4CCN(Cc5ccccc5-c5ccc(Cl)cc5)CC4)cc3)cc2[N+](=O)[O-])C(Sc2ccccc2)C1. The quantitative estimate of drug-likeness (QED) is 0.0986. The van der Waals surface area contributed by atoms with E-state index in [4.69, 9.17) is 11.6 Å². The normalized spacial score (nSPS) is 17.9. The molecule has 0 spiro atoms. The smallest absolute Gasteiger partial charge is 0.293 e. The van der Waals surface area contributed by atoms with Crippen molar-refractivity contribution in [1.82, 2.24) is 14.5 Å². The number of hydrogen-bond donors (Lipinski definition) is 2. The number of sulfonamides is 1. The van der Waals surface area contributed by atoms with E-state index in [2.05, 4.69) is 42.9 Å². The predicted octanol–water partition coefficient (Wildman–Crippen LogP) is 7.24. The van der Waals surface area contributed by atoms with Gasteiger partial charge in [-0.2, -0.15) is 0 Å². The number of likely N-dealkylation sites (N-methyl/N-ethyl adjacent to an activating group) is 1. The van der Waals surface area contributed by atoms with E-state index in [1.165, 1.54) is 23.3 Å². The number of nitrogens with one attached hydrogen (secondary N) is 2. The number of rotatable bonds is 12. The van der Waals surface area contributed by atoms with Gasteiger partial charge in [0, 0.05) is 78.3 Å². The minimum absolute atomic E-state index is 0.111. The van der Waals surface area contributed by atoms with Gasteiger partial charge in [-0.1, -0.05) is 66.2 Å². The van der Waals surface area contributed by atoms with Crippen LogP contribution in [-0.4, -0.2) is 86.7 Å². The fraction of sp³-hybridized carbons (Fsp3) is 0.244. The van der Waals surface area contributed by atoms with Crippen molar-refractivity contribution >= 4 is 56.4 Å². The van der Waals surface area contributed by atoms with Crippen LogP contribution in [0.25, 0.3) is 11.1 Å². The maximum atomic E-state index is 13.3. The number of halogens is 1. The van der Waals surface area contributed by atoms with Gasteiger partial charge in [-0.3, -0.25) is 19.8 Å². The van der Waals surface area contributed by atoms with Gasteiger partial charge in [-0.15, -0.1) is 11.8 Å². The van der Waals surface area contributed by atoms with E-state index in [1.807, 2.05) is 79.8 Å². The molecule has 2 aliphatic rings. The first-order valence-corrected chi connectivity index (χ1v) is 20.7. The van der Waals surface area contributed by atoms with Crippen LogP contribution < -0.4 is 14.9 Å². The summed E-state index contributed by atoms with van der Waals surface area (Å²) in [6.45, 7) is 5.53. The predicted molar refractivity (Wildman–Crippen MR) is 220 cm³/mol. The van der Waals surface area contributed by atoms with Gasteiger partial charge in [0.25, 0.3) is 21.6 Å². The summed E-state index contributed by atoms with van der Waals surface area (Å²) in [6.07, 6.45) is 0. The number of carbonyl (C=O) groups excluding carboxylic acids is 1. The van der Waals surface area contributed by atoms with Gasteiger partial charge in [0.05, 0.1) is 15.9 Å². The number of thioether (sulfide) groups is 1. The van der Waals surface area contributed by atoms with Gasteiger partial charge in [0.1, 0.15) is 5.69 Å². The van der Waals surface area contributed by atoms with Crippen LogP contribution >= 0.6 is 23.4 Å². The Morgan fingerprint density at radius 3 is 2.27 bits per heavy atom. The zero-order valence-corrected chi connectivity index (χ0v) is 32.6. The highest BCUT2D eigenvalue weighted by molar-refractivity contribution is 8.00. The lowest BCUT2D eigenvalue weighted by atomic mass is 9.99. The number of benzene rings is 5. The number of nitro groups is 1. The highest BCUT2D eigenvalue weighted by Crippen LogP contribution is 2.34. The van der Waals surface area contributed by atoms with Gasteiger partial charge < -0.3 is 15.1 Å². The van der Waals surface area contributed by atoms with Crippen molar-refractivity contribution in [2.75, 3.05) is 56.5 Å². The molecule has 284 valence electrons. The van der Waals surface area contributed by atoms with Crippen LogP contribution in [-0.2, 0) is 16.6 Å². The van der Waals surface area contributed by atoms with Crippen molar-refractivity contribution in [2.24, 2.45) is 0 Å². The first-order valence-electron chi connectivity index (χ1n) is 18.0. The summed E-state index contributed by atoms with van der Waals surface area (Å²) in [7, 11) is -2.43. The molecule has 14 heteroatoms. The van der Waals surface area contributed by atoms with E-state index in [0.717, 1.165) is 61.5 Å². The van der Waals surface area contributed by atoms with E-state index in [0.29, 0.717) is 11.6 Å². The maximum absolute atomic E-state index is 13.3. The molecule has 7 rings (SSSR count). The standard InChI is InChI=1S/C41H41ClN6O5S2/c1-45-27-38(40(28-45)54-34-8-3-2-4-9-34)43-37-20-19-35(25-39(37)48(50)51)55(52,53)44-41(49)30-13-17-33(18-14-30)47-23-21-46(22-24-47)26-31-7-5-6-10-36(31)29-11-15-32(42)16-12-29/h2-20,25,38,40,43H,21-24,26-28H2,1H3,(H,44,49). The van der Waals surface area contributed by atoms with Crippen LogP contribution in [0.3, 0.4) is 0 Å². The molecule has 5 aromatic carbocycles. The number of anilines is 2. The van der Waals surface area contributed by atoms with E-state index in [-0.39, 0.29) is 33.1 Å². The monoisotopic (exact) mass is 796 g/mol. The third kappa shape index (κ3) is 9.31. The molecular formula is C41H41ClN6O5S2. The molecule has 0 bridgehead atoms. The molecular weight excluding hydrogens is 756 g/mol. The van der Waals surface area contributed by atoms with Crippen molar-refractivity contribution in [1.29, 1.82) is 0 Å². The zero-order valence-electron chi connectivity index (χ0n) is 30.2. The van der Waals surface area contributed by atoms with Crippen LogP contribution in [0.4, 0.5) is 17.1 Å². The van der Waals surface area contributed by atoms with Crippen LogP contribution in [0, 0.1) is 10.1 Å². The Bertz CT molecular complexity index is 2250. The molecule has 0 aliphatic carbocycles. The van der Waals surface area contributed by atoms with E-state index in [1.54, 1.807) is 23.9 Å². The first kappa shape index (κ1) is 38.4. The summed E-state index contributed by atoms with van der Waals surface area (Å²) in [4.78, 5) is 32.2. The number of likely N-dealkylation sites (tertiary alicyclic amines) is 1. The maximum Gasteiger partial charge on any atom is 0.293 e. The molecule has 55 heavy (non-hydrogen) atoms. The summed E-state index contributed by atoms with van der Waals surface area (Å²) in [6, 6.07) is 36.6. The van der Waals surface area contributed by atoms with Crippen LogP contribution in [0.2, 0.25) is 5.02 Å². The van der Waals surface area contributed by atoms with Crippen molar-refractivity contribution < 1.29 is 18.1 Å². The number of nitro benzene ring substituents is 1. The lowest BCUT2D eigenvalue weighted by Crippen LogP contribution is -2.46. The average molecular weight is 797 g/mol. The first-order chi connectivity index (χ1) is 26.5. The molecule has 11 nitrogen and oxygen atoms in total.